The van der Waals surface area contributed by atoms with Crippen molar-refractivity contribution < 1.29 is 14.7 Å². The molecule has 2 heterocycles. The van der Waals surface area contributed by atoms with E-state index in [4.69, 9.17) is 5.11 Å². The van der Waals surface area contributed by atoms with Crippen LogP contribution in [0.5, 0.6) is 0 Å². The first kappa shape index (κ1) is 13.7. The Labute approximate surface area is 114 Å². The first-order valence-corrected chi connectivity index (χ1v) is 7.03. The van der Waals surface area contributed by atoms with Crippen molar-refractivity contribution in [3.8, 4) is 0 Å². The number of carbonyl (C=O) groups is 2. The fourth-order valence-corrected chi connectivity index (χ4v) is 3.12. The van der Waals surface area contributed by atoms with Crippen LogP contribution >= 0.6 is 11.8 Å². The van der Waals surface area contributed by atoms with Gasteiger partial charge in [0.25, 0.3) is 0 Å². The molecule has 1 aromatic rings. The molecule has 1 aliphatic heterocycles. The maximum atomic E-state index is 12.0. The predicted octanol–water partition coefficient (Wildman–Crippen LogP) is 0.510. The van der Waals surface area contributed by atoms with E-state index in [2.05, 4.69) is 15.3 Å². The highest BCUT2D eigenvalue weighted by atomic mass is 32.2. The lowest BCUT2D eigenvalue weighted by Gasteiger charge is -2.25. The molecule has 0 saturated carbocycles. The zero-order valence-electron chi connectivity index (χ0n) is 10.5. The number of aromatic amines is 1. The molecule has 2 amide bonds. The molecule has 19 heavy (non-hydrogen) atoms. The summed E-state index contributed by atoms with van der Waals surface area (Å²) < 4.78 is 0. The van der Waals surface area contributed by atoms with Crippen molar-refractivity contribution in [1.82, 2.24) is 20.2 Å². The lowest BCUT2D eigenvalue weighted by atomic mass is 10.3. The number of aromatic nitrogens is 2. The summed E-state index contributed by atoms with van der Waals surface area (Å²) in [6.45, 7) is 2.26. The largest absolute Gasteiger partial charge is 0.480 e. The van der Waals surface area contributed by atoms with Crippen molar-refractivity contribution in [2.75, 3.05) is 12.3 Å². The number of hydrogen-bond donors (Lipinski definition) is 3. The normalized spacial score (nSPS) is 22.5. The van der Waals surface area contributed by atoms with Crippen LogP contribution in [0.15, 0.2) is 12.4 Å². The van der Waals surface area contributed by atoms with E-state index >= 15 is 0 Å². The number of imidazole rings is 1. The van der Waals surface area contributed by atoms with Crippen LogP contribution in [0.3, 0.4) is 0 Å². The van der Waals surface area contributed by atoms with Gasteiger partial charge in [-0.3, -0.25) is 4.90 Å². The van der Waals surface area contributed by atoms with Crippen molar-refractivity contribution in [3.05, 3.63) is 18.2 Å². The van der Waals surface area contributed by atoms with Gasteiger partial charge < -0.3 is 15.4 Å². The van der Waals surface area contributed by atoms with E-state index in [9.17, 15) is 9.59 Å². The van der Waals surface area contributed by atoms with Crippen molar-refractivity contribution in [2.45, 2.75) is 24.8 Å². The van der Waals surface area contributed by atoms with Crippen LogP contribution in [0.25, 0.3) is 0 Å². The van der Waals surface area contributed by atoms with E-state index in [0.717, 1.165) is 5.82 Å². The fraction of sp³-hybridized carbons (Fsp3) is 0.545. The monoisotopic (exact) mass is 284 g/mol. The maximum absolute atomic E-state index is 12.0. The number of carboxylic acids is 1. The van der Waals surface area contributed by atoms with Gasteiger partial charge in [0, 0.05) is 31.1 Å². The summed E-state index contributed by atoms with van der Waals surface area (Å²) in [5.74, 6) is 0.263. The van der Waals surface area contributed by atoms with E-state index < -0.39 is 12.0 Å². The molecule has 104 valence electrons. The average Bonchev–Trinajstić information content (AvgIpc) is 2.98. The Balaban J connectivity index is 1.86. The SMILES string of the molecule is CC1SCC(C(=O)O)N1C(=O)NCCc1ncc[nH]1. The number of nitrogens with zero attached hydrogens (tertiary/aromatic N) is 2. The minimum atomic E-state index is -0.960. The molecule has 1 saturated heterocycles. The van der Waals surface area contributed by atoms with Crippen LogP contribution < -0.4 is 5.32 Å². The van der Waals surface area contributed by atoms with Crippen LogP contribution in [-0.4, -0.2) is 55.7 Å². The quantitative estimate of drug-likeness (QED) is 0.748. The van der Waals surface area contributed by atoms with E-state index in [0.29, 0.717) is 18.7 Å². The molecule has 1 aromatic heterocycles. The molecule has 0 aromatic carbocycles. The molecule has 8 heteroatoms. The first-order chi connectivity index (χ1) is 9.09. The maximum Gasteiger partial charge on any atom is 0.327 e. The lowest BCUT2D eigenvalue weighted by Crippen LogP contribution is -2.49. The van der Waals surface area contributed by atoms with Crippen molar-refractivity contribution in [2.24, 2.45) is 0 Å². The van der Waals surface area contributed by atoms with E-state index in [-0.39, 0.29) is 11.4 Å². The van der Waals surface area contributed by atoms with Gasteiger partial charge in [-0.1, -0.05) is 0 Å². The van der Waals surface area contributed by atoms with Gasteiger partial charge in [0.2, 0.25) is 0 Å². The number of hydrogen-bond acceptors (Lipinski definition) is 4. The Morgan fingerprint density at radius 2 is 2.47 bits per heavy atom. The van der Waals surface area contributed by atoms with Crippen molar-refractivity contribution in [1.29, 1.82) is 0 Å². The summed E-state index contributed by atoms with van der Waals surface area (Å²) in [5, 5.41) is 11.7. The van der Waals surface area contributed by atoms with Crippen LogP contribution in [0.2, 0.25) is 0 Å². The molecule has 0 radical (unpaired) electrons. The van der Waals surface area contributed by atoms with Crippen LogP contribution in [0.1, 0.15) is 12.7 Å². The highest BCUT2D eigenvalue weighted by Gasteiger charge is 2.39. The Bertz CT molecular complexity index is 451. The number of thioether (sulfide) groups is 1. The molecule has 2 atom stereocenters. The molecule has 0 aliphatic carbocycles. The van der Waals surface area contributed by atoms with Crippen molar-refractivity contribution >= 4 is 23.8 Å². The van der Waals surface area contributed by atoms with Gasteiger partial charge in [-0.15, -0.1) is 11.8 Å². The number of carboxylic acid groups (broad SMARTS) is 1. The summed E-state index contributed by atoms with van der Waals surface area (Å²) in [5.41, 5.74) is 0. The number of H-pyrrole nitrogens is 1. The Morgan fingerprint density at radius 3 is 3.11 bits per heavy atom. The molecule has 1 fully saturated rings. The van der Waals surface area contributed by atoms with Gasteiger partial charge >= 0.3 is 12.0 Å². The number of rotatable bonds is 4. The third-order valence-corrected chi connectivity index (χ3v) is 4.15. The second-order valence-corrected chi connectivity index (χ2v) is 5.56. The zero-order valence-corrected chi connectivity index (χ0v) is 11.3. The van der Waals surface area contributed by atoms with Gasteiger partial charge in [-0.2, -0.15) is 0 Å². The molecule has 3 N–H and O–H groups in total. The molecular formula is C11H16N4O3S. The molecule has 2 rings (SSSR count). The van der Waals surface area contributed by atoms with Gasteiger partial charge in [0.15, 0.2) is 0 Å². The van der Waals surface area contributed by atoms with Gasteiger partial charge in [0.05, 0.1) is 5.37 Å². The van der Waals surface area contributed by atoms with E-state index in [1.807, 2.05) is 6.92 Å². The average molecular weight is 284 g/mol. The summed E-state index contributed by atoms with van der Waals surface area (Å²) in [7, 11) is 0. The van der Waals surface area contributed by atoms with Crippen molar-refractivity contribution in [3.63, 3.8) is 0 Å². The topological polar surface area (TPSA) is 98.3 Å². The molecule has 7 nitrogen and oxygen atoms in total. The highest BCUT2D eigenvalue weighted by Crippen LogP contribution is 2.28. The smallest absolute Gasteiger partial charge is 0.327 e. The predicted molar refractivity (Wildman–Crippen MR) is 70.9 cm³/mol. The minimum Gasteiger partial charge on any atom is -0.480 e. The number of nitrogens with one attached hydrogen (secondary N) is 2. The summed E-state index contributed by atoms with van der Waals surface area (Å²) in [6.07, 6.45) is 3.96. The van der Waals surface area contributed by atoms with Crippen LogP contribution in [0, 0.1) is 0 Å². The Hall–Kier alpha value is -1.70. The third kappa shape index (κ3) is 3.19. The third-order valence-electron chi connectivity index (χ3n) is 2.94. The molecule has 2 unspecified atom stereocenters. The van der Waals surface area contributed by atoms with E-state index in [1.165, 1.54) is 16.7 Å². The number of amides is 2. The summed E-state index contributed by atoms with van der Waals surface area (Å²) in [6, 6.07) is -1.08. The lowest BCUT2D eigenvalue weighted by molar-refractivity contribution is -0.141. The first-order valence-electron chi connectivity index (χ1n) is 5.98. The second-order valence-electron chi connectivity index (χ2n) is 4.21. The molecule has 1 aliphatic rings. The molecular weight excluding hydrogens is 268 g/mol. The standard InChI is InChI=1S/C11H16N4O3S/c1-7-15(8(6-19-7)10(16)17)11(18)14-3-2-9-12-4-5-13-9/h4-5,7-8H,2-3,6H2,1H3,(H,12,13)(H,14,18)(H,16,17). The number of aliphatic carboxylic acids is 1. The van der Waals surface area contributed by atoms with Gasteiger partial charge in [0.1, 0.15) is 11.9 Å². The highest BCUT2D eigenvalue weighted by molar-refractivity contribution is 8.00. The Kier molecular flexibility index (Phi) is 4.31. The second kappa shape index (κ2) is 5.96. The van der Waals surface area contributed by atoms with Crippen LogP contribution in [0.4, 0.5) is 4.79 Å². The minimum absolute atomic E-state index is 0.121. The molecule has 0 spiro atoms. The zero-order chi connectivity index (χ0) is 13.8. The van der Waals surface area contributed by atoms with E-state index in [1.54, 1.807) is 12.4 Å². The molecule has 0 bridgehead atoms. The fourth-order valence-electron chi connectivity index (χ4n) is 1.96. The summed E-state index contributed by atoms with van der Waals surface area (Å²) >= 11 is 1.47. The van der Waals surface area contributed by atoms with Gasteiger partial charge in [-0.05, 0) is 6.92 Å². The number of urea groups is 1. The van der Waals surface area contributed by atoms with Gasteiger partial charge in [-0.25, -0.2) is 14.6 Å². The Morgan fingerprint density at radius 1 is 1.68 bits per heavy atom. The summed E-state index contributed by atoms with van der Waals surface area (Å²) in [4.78, 5) is 31.5. The van der Waals surface area contributed by atoms with Crippen LogP contribution in [-0.2, 0) is 11.2 Å². The number of carbonyl (C=O) groups excluding carboxylic acids is 1.